The zero-order valence-corrected chi connectivity index (χ0v) is 17.7. The molecule has 3 aromatic rings. The minimum Gasteiger partial charge on any atom is -0.507 e. The van der Waals surface area contributed by atoms with Gasteiger partial charge >= 0.3 is 0 Å². The van der Waals surface area contributed by atoms with Crippen LogP contribution in [-0.2, 0) is 9.59 Å². The van der Waals surface area contributed by atoms with Crippen molar-refractivity contribution in [1.82, 2.24) is 0 Å². The summed E-state index contributed by atoms with van der Waals surface area (Å²) < 4.78 is 5.45. The Balaban J connectivity index is 1.92. The molecule has 1 atom stereocenters. The molecule has 0 spiro atoms. The molecule has 8 heteroatoms. The number of non-ortho nitro benzene ring substituents is 1. The van der Waals surface area contributed by atoms with Crippen LogP contribution in [0.4, 0.5) is 11.4 Å². The highest BCUT2D eigenvalue weighted by Crippen LogP contribution is 2.43. The second-order valence-corrected chi connectivity index (χ2v) is 7.31. The standard InChI is InChI=1S/C25H20N2O6/c1-2-33-20-13-11-18(12-14-20)26-22(17-9-6-10-19(15-17)27(31)32)21(24(29)25(26)30)23(28)16-7-4-3-5-8-16/h3-15,22,28H,2H2,1H3/t22-/m0/s1. The van der Waals surface area contributed by atoms with Gasteiger partial charge in [-0.3, -0.25) is 24.6 Å². The number of nitrogens with zero attached hydrogens (tertiary/aromatic N) is 2. The van der Waals surface area contributed by atoms with Gasteiger partial charge in [0.1, 0.15) is 11.5 Å². The highest BCUT2D eigenvalue weighted by molar-refractivity contribution is 6.51. The van der Waals surface area contributed by atoms with Crippen molar-refractivity contribution in [3.05, 3.63) is 106 Å². The third-order valence-corrected chi connectivity index (χ3v) is 5.31. The molecule has 166 valence electrons. The summed E-state index contributed by atoms with van der Waals surface area (Å²) in [4.78, 5) is 38.3. The average molecular weight is 444 g/mol. The highest BCUT2D eigenvalue weighted by atomic mass is 16.6. The lowest BCUT2D eigenvalue weighted by Crippen LogP contribution is -2.29. The number of aliphatic hydroxyl groups excluding tert-OH is 1. The molecule has 1 amide bonds. The number of aliphatic hydroxyl groups is 1. The van der Waals surface area contributed by atoms with E-state index in [-0.39, 0.29) is 17.0 Å². The number of ketones is 1. The first kappa shape index (κ1) is 21.8. The molecule has 33 heavy (non-hydrogen) atoms. The average Bonchev–Trinajstić information content (AvgIpc) is 3.10. The summed E-state index contributed by atoms with van der Waals surface area (Å²) in [5.74, 6) is -1.47. The molecule has 1 saturated heterocycles. The fraction of sp³-hybridized carbons (Fsp3) is 0.120. The predicted molar refractivity (Wildman–Crippen MR) is 122 cm³/mol. The van der Waals surface area contributed by atoms with Crippen LogP contribution in [0.5, 0.6) is 5.75 Å². The van der Waals surface area contributed by atoms with Gasteiger partial charge in [0.2, 0.25) is 0 Å². The molecule has 0 aromatic heterocycles. The van der Waals surface area contributed by atoms with Crippen LogP contribution >= 0.6 is 0 Å². The van der Waals surface area contributed by atoms with Crippen LogP contribution in [0.25, 0.3) is 5.76 Å². The van der Waals surface area contributed by atoms with Gasteiger partial charge in [0, 0.05) is 23.4 Å². The lowest BCUT2D eigenvalue weighted by molar-refractivity contribution is -0.384. The lowest BCUT2D eigenvalue weighted by atomic mass is 9.95. The Labute approximate surface area is 189 Å². The van der Waals surface area contributed by atoms with Gasteiger partial charge in [0.25, 0.3) is 17.4 Å². The van der Waals surface area contributed by atoms with E-state index in [0.717, 1.165) is 0 Å². The summed E-state index contributed by atoms with van der Waals surface area (Å²) >= 11 is 0. The lowest BCUT2D eigenvalue weighted by Gasteiger charge is -2.25. The summed E-state index contributed by atoms with van der Waals surface area (Å²) in [5, 5.41) is 22.4. The van der Waals surface area contributed by atoms with Crippen LogP contribution in [0.1, 0.15) is 24.1 Å². The molecule has 0 radical (unpaired) electrons. The van der Waals surface area contributed by atoms with Crippen LogP contribution < -0.4 is 9.64 Å². The summed E-state index contributed by atoms with van der Waals surface area (Å²) in [5.41, 5.74) is 0.752. The Kier molecular flexibility index (Phi) is 5.91. The van der Waals surface area contributed by atoms with Crippen molar-refractivity contribution >= 4 is 28.8 Å². The molecule has 4 rings (SSSR count). The Morgan fingerprint density at radius 2 is 1.73 bits per heavy atom. The van der Waals surface area contributed by atoms with Gasteiger partial charge < -0.3 is 9.84 Å². The molecular weight excluding hydrogens is 424 g/mol. The fourth-order valence-corrected chi connectivity index (χ4v) is 3.84. The van der Waals surface area contributed by atoms with Crippen molar-refractivity contribution in [3.63, 3.8) is 0 Å². The second kappa shape index (κ2) is 8.96. The van der Waals surface area contributed by atoms with Gasteiger partial charge in [-0.15, -0.1) is 0 Å². The Hall–Kier alpha value is -4.46. The van der Waals surface area contributed by atoms with Gasteiger partial charge in [-0.25, -0.2) is 0 Å². The first-order valence-corrected chi connectivity index (χ1v) is 10.3. The maximum absolute atomic E-state index is 13.1. The second-order valence-electron chi connectivity index (χ2n) is 7.31. The van der Waals surface area contributed by atoms with E-state index in [1.807, 2.05) is 6.92 Å². The maximum Gasteiger partial charge on any atom is 0.300 e. The molecule has 1 N–H and O–H groups in total. The Morgan fingerprint density at radius 1 is 1.03 bits per heavy atom. The maximum atomic E-state index is 13.1. The topological polar surface area (TPSA) is 110 Å². The van der Waals surface area contributed by atoms with E-state index in [0.29, 0.717) is 29.2 Å². The summed E-state index contributed by atoms with van der Waals surface area (Å²) in [6.07, 6.45) is 0. The molecule has 0 unspecified atom stereocenters. The normalized spacial score (nSPS) is 17.2. The first-order valence-electron chi connectivity index (χ1n) is 10.3. The zero-order chi connectivity index (χ0) is 23.5. The van der Waals surface area contributed by atoms with Crippen molar-refractivity contribution in [2.75, 3.05) is 11.5 Å². The van der Waals surface area contributed by atoms with Crippen molar-refractivity contribution in [2.24, 2.45) is 0 Å². The third-order valence-electron chi connectivity index (χ3n) is 5.31. The van der Waals surface area contributed by atoms with Crippen molar-refractivity contribution < 1.29 is 24.4 Å². The number of benzene rings is 3. The van der Waals surface area contributed by atoms with Crippen molar-refractivity contribution in [2.45, 2.75) is 13.0 Å². The SMILES string of the molecule is CCOc1ccc(N2C(=O)C(=O)C(=C(O)c3ccccc3)[C@@H]2c2cccc([N+](=O)[O-])c2)cc1. The van der Waals surface area contributed by atoms with E-state index < -0.39 is 22.7 Å². The smallest absolute Gasteiger partial charge is 0.300 e. The van der Waals surface area contributed by atoms with E-state index in [4.69, 9.17) is 4.74 Å². The molecule has 1 fully saturated rings. The number of Topliss-reactive ketones (excluding diaryl/α,β-unsaturated/α-hetero) is 1. The minimum absolute atomic E-state index is 0.138. The van der Waals surface area contributed by atoms with E-state index in [1.165, 1.54) is 23.1 Å². The monoisotopic (exact) mass is 444 g/mol. The molecule has 0 aliphatic carbocycles. The van der Waals surface area contributed by atoms with Crippen LogP contribution in [0.15, 0.2) is 84.4 Å². The molecule has 0 bridgehead atoms. The molecule has 0 saturated carbocycles. The fourth-order valence-electron chi connectivity index (χ4n) is 3.84. The van der Waals surface area contributed by atoms with E-state index in [9.17, 15) is 24.8 Å². The van der Waals surface area contributed by atoms with Crippen LogP contribution in [0.3, 0.4) is 0 Å². The summed E-state index contributed by atoms with van der Waals surface area (Å²) in [6.45, 7) is 2.31. The van der Waals surface area contributed by atoms with Gasteiger partial charge in [-0.05, 0) is 36.8 Å². The highest BCUT2D eigenvalue weighted by Gasteiger charge is 2.47. The number of ether oxygens (including phenoxy) is 1. The molecule has 1 aliphatic heterocycles. The van der Waals surface area contributed by atoms with Gasteiger partial charge in [-0.1, -0.05) is 42.5 Å². The number of hydrogen-bond acceptors (Lipinski definition) is 6. The largest absolute Gasteiger partial charge is 0.507 e. The van der Waals surface area contributed by atoms with Crippen LogP contribution in [0.2, 0.25) is 0 Å². The zero-order valence-electron chi connectivity index (χ0n) is 17.7. The van der Waals surface area contributed by atoms with Crippen LogP contribution in [0, 0.1) is 10.1 Å². The van der Waals surface area contributed by atoms with Crippen LogP contribution in [-0.4, -0.2) is 28.3 Å². The quantitative estimate of drug-likeness (QED) is 0.195. The van der Waals surface area contributed by atoms with E-state index >= 15 is 0 Å². The van der Waals surface area contributed by atoms with E-state index in [2.05, 4.69) is 0 Å². The molecule has 1 heterocycles. The number of hydrogen-bond donors (Lipinski definition) is 1. The van der Waals surface area contributed by atoms with Gasteiger partial charge in [0.15, 0.2) is 0 Å². The van der Waals surface area contributed by atoms with Crippen molar-refractivity contribution in [3.8, 4) is 5.75 Å². The number of amides is 1. The Bertz CT molecular complexity index is 1250. The number of rotatable bonds is 6. The predicted octanol–water partition coefficient (Wildman–Crippen LogP) is 4.62. The molecular formula is C25H20N2O6. The van der Waals surface area contributed by atoms with E-state index in [1.54, 1.807) is 60.7 Å². The van der Waals surface area contributed by atoms with Gasteiger partial charge in [0.05, 0.1) is 23.1 Å². The number of nitro benzene ring substituents is 1. The summed E-state index contributed by atoms with van der Waals surface area (Å²) in [7, 11) is 0. The van der Waals surface area contributed by atoms with Gasteiger partial charge in [-0.2, -0.15) is 0 Å². The number of nitro groups is 1. The molecule has 8 nitrogen and oxygen atoms in total. The number of anilines is 1. The third kappa shape index (κ3) is 4.06. The minimum atomic E-state index is -1.05. The number of carbonyl (C=O) groups is 2. The Morgan fingerprint density at radius 3 is 2.36 bits per heavy atom. The number of carbonyl (C=O) groups excluding carboxylic acids is 2. The molecule has 1 aliphatic rings. The van der Waals surface area contributed by atoms with Crippen molar-refractivity contribution in [1.29, 1.82) is 0 Å². The summed E-state index contributed by atoms with van der Waals surface area (Å²) in [6, 6.07) is 19.6. The first-order chi connectivity index (χ1) is 15.9. The molecule has 3 aromatic carbocycles.